The van der Waals surface area contributed by atoms with Crippen molar-refractivity contribution in [3.8, 4) is 11.5 Å². The summed E-state index contributed by atoms with van der Waals surface area (Å²) in [4.78, 5) is 18.6. The maximum absolute atomic E-state index is 12.3. The number of ether oxygens (including phenoxy) is 2. The van der Waals surface area contributed by atoms with E-state index in [2.05, 4.69) is 10.5 Å². The van der Waals surface area contributed by atoms with Crippen molar-refractivity contribution in [3.05, 3.63) is 45.1 Å². The molecule has 0 spiro atoms. The van der Waals surface area contributed by atoms with Gasteiger partial charge in [-0.3, -0.25) is 4.79 Å². The fourth-order valence-corrected chi connectivity index (χ4v) is 3.35. The summed E-state index contributed by atoms with van der Waals surface area (Å²) < 4.78 is 10.6. The smallest absolute Gasteiger partial charge is 0.264 e. The van der Waals surface area contributed by atoms with Crippen LogP contribution in [0, 0.1) is 0 Å². The number of nitrogens with zero attached hydrogens (tertiary/aromatic N) is 1. The molecule has 132 valence electrons. The van der Waals surface area contributed by atoms with Gasteiger partial charge in [0.1, 0.15) is 11.5 Å². The van der Waals surface area contributed by atoms with E-state index in [9.17, 15) is 4.79 Å². The fraction of sp³-hybridized carbons (Fsp3) is 0.294. The zero-order valence-corrected chi connectivity index (χ0v) is 15.3. The zero-order valence-electron chi connectivity index (χ0n) is 13.7. The fourth-order valence-electron chi connectivity index (χ4n) is 2.46. The minimum absolute atomic E-state index is 0.203. The number of carbonyl (C=O) groups excluding carboxylic acids is 1. The van der Waals surface area contributed by atoms with E-state index < -0.39 is 6.10 Å². The maximum atomic E-state index is 12.3. The van der Waals surface area contributed by atoms with Crippen LogP contribution in [-0.4, -0.2) is 31.9 Å². The van der Waals surface area contributed by atoms with Crippen molar-refractivity contribution < 1.29 is 19.1 Å². The normalized spacial score (nSPS) is 16.1. The van der Waals surface area contributed by atoms with Crippen LogP contribution in [0.5, 0.6) is 11.5 Å². The van der Waals surface area contributed by atoms with E-state index in [-0.39, 0.29) is 5.91 Å². The van der Waals surface area contributed by atoms with E-state index in [0.29, 0.717) is 40.8 Å². The molecule has 1 aromatic carbocycles. The van der Waals surface area contributed by atoms with Crippen molar-refractivity contribution >= 4 is 34.6 Å². The van der Waals surface area contributed by atoms with E-state index in [1.165, 1.54) is 7.11 Å². The van der Waals surface area contributed by atoms with Crippen molar-refractivity contribution in [1.82, 2.24) is 5.32 Å². The van der Waals surface area contributed by atoms with Crippen LogP contribution in [0.3, 0.4) is 0 Å². The number of amides is 1. The minimum Gasteiger partial charge on any atom is -0.496 e. The molecule has 1 aromatic heterocycles. The molecule has 0 aliphatic carbocycles. The van der Waals surface area contributed by atoms with Gasteiger partial charge in [0, 0.05) is 22.9 Å². The summed E-state index contributed by atoms with van der Waals surface area (Å²) >= 11 is 7.78. The van der Waals surface area contributed by atoms with Crippen LogP contribution in [0.25, 0.3) is 0 Å². The average Bonchev–Trinajstić information content (AvgIpc) is 3.31. The molecule has 2 aromatic rings. The third kappa shape index (κ3) is 3.88. The highest BCUT2D eigenvalue weighted by molar-refractivity contribution is 7.09. The number of hydrogen-bond acceptors (Lipinski definition) is 6. The predicted octanol–water partition coefficient (Wildman–Crippen LogP) is 3.23. The monoisotopic (exact) mass is 380 g/mol. The molecule has 1 aliphatic rings. The predicted molar refractivity (Wildman–Crippen MR) is 96.7 cm³/mol. The van der Waals surface area contributed by atoms with Gasteiger partial charge in [0.15, 0.2) is 0 Å². The molecular weight excluding hydrogens is 364 g/mol. The van der Waals surface area contributed by atoms with Gasteiger partial charge in [-0.1, -0.05) is 22.8 Å². The van der Waals surface area contributed by atoms with E-state index >= 15 is 0 Å². The lowest BCUT2D eigenvalue weighted by Gasteiger charge is -2.11. The summed E-state index contributed by atoms with van der Waals surface area (Å²) in [6.07, 6.45) is -0.324. The van der Waals surface area contributed by atoms with Crippen LogP contribution >= 0.6 is 22.9 Å². The van der Waals surface area contributed by atoms with Gasteiger partial charge in [0.25, 0.3) is 5.91 Å². The second-order valence-corrected chi connectivity index (χ2v) is 6.76. The number of hydrogen-bond donors (Lipinski definition) is 1. The van der Waals surface area contributed by atoms with Crippen molar-refractivity contribution in [2.75, 3.05) is 14.2 Å². The second kappa shape index (κ2) is 7.76. The van der Waals surface area contributed by atoms with Gasteiger partial charge < -0.3 is 19.6 Å². The molecular formula is C17H17ClN2O4S. The highest BCUT2D eigenvalue weighted by atomic mass is 35.5. The number of carbonyl (C=O) groups is 1. The molecule has 0 saturated carbocycles. The summed E-state index contributed by atoms with van der Waals surface area (Å²) in [6.45, 7) is 0.476. The Kier molecular flexibility index (Phi) is 5.45. The zero-order chi connectivity index (χ0) is 17.8. The number of halogens is 1. The first kappa shape index (κ1) is 17.6. The molecule has 6 nitrogen and oxygen atoms in total. The summed E-state index contributed by atoms with van der Waals surface area (Å²) in [7, 11) is 3.08. The Bertz CT molecular complexity index is 792. The Hall–Kier alpha value is -2.25. The number of rotatable bonds is 6. The van der Waals surface area contributed by atoms with Gasteiger partial charge in [-0.15, -0.1) is 11.3 Å². The van der Waals surface area contributed by atoms with E-state index in [1.807, 2.05) is 17.5 Å². The molecule has 1 amide bonds. The number of methoxy groups -OCH3 is 2. The summed E-state index contributed by atoms with van der Waals surface area (Å²) in [5, 5.41) is 9.29. The Labute approximate surface area is 154 Å². The van der Waals surface area contributed by atoms with Crippen LogP contribution in [-0.2, 0) is 16.2 Å². The van der Waals surface area contributed by atoms with Crippen LogP contribution in [0.2, 0.25) is 5.02 Å². The van der Waals surface area contributed by atoms with Crippen LogP contribution in [0.4, 0.5) is 0 Å². The van der Waals surface area contributed by atoms with Gasteiger partial charge >= 0.3 is 0 Å². The molecule has 1 atom stereocenters. The molecule has 1 aliphatic heterocycles. The van der Waals surface area contributed by atoms with Crippen molar-refractivity contribution in [2.45, 2.75) is 19.1 Å². The lowest BCUT2D eigenvalue weighted by atomic mass is 10.0. The quantitative estimate of drug-likeness (QED) is 0.835. The minimum atomic E-state index is -0.666. The molecule has 1 N–H and O–H groups in total. The lowest BCUT2D eigenvalue weighted by Crippen LogP contribution is -2.34. The van der Waals surface area contributed by atoms with Gasteiger partial charge in [-0.2, -0.15) is 0 Å². The topological polar surface area (TPSA) is 69.1 Å². The average molecular weight is 381 g/mol. The first-order valence-electron chi connectivity index (χ1n) is 7.57. The molecule has 0 unspecified atom stereocenters. The van der Waals surface area contributed by atoms with E-state index in [0.717, 1.165) is 4.88 Å². The first-order chi connectivity index (χ1) is 12.1. The lowest BCUT2D eigenvalue weighted by molar-refractivity contribution is -0.131. The van der Waals surface area contributed by atoms with Gasteiger partial charge in [-0.25, -0.2) is 0 Å². The molecule has 0 radical (unpaired) electrons. The number of oxime groups is 1. The summed E-state index contributed by atoms with van der Waals surface area (Å²) in [6, 6.07) is 7.30. The third-order valence-electron chi connectivity index (χ3n) is 3.76. The van der Waals surface area contributed by atoms with Gasteiger partial charge in [0.2, 0.25) is 6.10 Å². The van der Waals surface area contributed by atoms with E-state index in [1.54, 1.807) is 30.6 Å². The molecule has 2 heterocycles. The third-order valence-corrected chi connectivity index (χ3v) is 4.93. The number of benzene rings is 1. The second-order valence-electron chi connectivity index (χ2n) is 5.32. The molecule has 8 heteroatoms. The standard InChI is InChI=1S/C17H17ClN2O4S/c1-22-14-8-15(23-2)12(18)6-11(14)13-7-16(24-20-13)17(21)19-9-10-4-3-5-25-10/h3-6,8,16H,7,9H2,1-2H3,(H,19,21)/t16-/m0/s1. The van der Waals surface area contributed by atoms with Crippen LogP contribution in [0.1, 0.15) is 16.9 Å². The van der Waals surface area contributed by atoms with E-state index in [4.69, 9.17) is 25.9 Å². The van der Waals surface area contributed by atoms with Gasteiger partial charge in [-0.05, 0) is 17.5 Å². The van der Waals surface area contributed by atoms with Crippen LogP contribution in [0.15, 0.2) is 34.8 Å². The van der Waals surface area contributed by atoms with Gasteiger partial charge in [0.05, 0.1) is 31.5 Å². The van der Waals surface area contributed by atoms with Crippen molar-refractivity contribution in [3.63, 3.8) is 0 Å². The Morgan fingerprint density at radius 3 is 2.88 bits per heavy atom. The summed E-state index contributed by atoms with van der Waals surface area (Å²) in [5.74, 6) is 0.862. The molecule has 25 heavy (non-hydrogen) atoms. The highest BCUT2D eigenvalue weighted by Crippen LogP contribution is 2.34. The molecule has 0 saturated heterocycles. The van der Waals surface area contributed by atoms with Crippen LogP contribution < -0.4 is 14.8 Å². The Morgan fingerprint density at radius 1 is 1.40 bits per heavy atom. The first-order valence-corrected chi connectivity index (χ1v) is 8.82. The number of thiophene rings is 1. The maximum Gasteiger partial charge on any atom is 0.264 e. The molecule has 3 rings (SSSR count). The Balaban J connectivity index is 1.68. The molecule has 0 fully saturated rings. The SMILES string of the molecule is COc1cc(OC)c(C2=NO[C@H](C(=O)NCc3cccs3)C2)cc1Cl. The largest absolute Gasteiger partial charge is 0.496 e. The van der Waals surface area contributed by atoms with Crippen molar-refractivity contribution in [2.24, 2.45) is 5.16 Å². The molecule has 0 bridgehead atoms. The summed E-state index contributed by atoms with van der Waals surface area (Å²) in [5.41, 5.74) is 1.29. The number of nitrogens with one attached hydrogen (secondary N) is 1. The van der Waals surface area contributed by atoms with Crippen molar-refractivity contribution in [1.29, 1.82) is 0 Å². The highest BCUT2D eigenvalue weighted by Gasteiger charge is 2.30. The Morgan fingerprint density at radius 2 is 2.20 bits per heavy atom.